The molecule has 2 N–H and O–H groups in total. The van der Waals surface area contributed by atoms with E-state index in [0.29, 0.717) is 11.5 Å². The van der Waals surface area contributed by atoms with Crippen LogP contribution in [-0.4, -0.2) is 5.91 Å². The lowest BCUT2D eigenvalue weighted by atomic mass is 9.96. The van der Waals surface area contributed by atoms with Gasteiger partial charge in [-0.25, -0.2) is 8.78 Å². The van der Waals surface area contributed by atoms with E-state index in [-0.39, 0.29) is 18.1 Å². The molecule has 0 atom stereocenters. The fourth-order valence-electron chi connectivity index (χ4n) is 3.81. The van der Waals surface area contributed by atoms with Crippen molar-refractivity contribution in [2.45, 2.75) is 20.3 Å². The molecule has 4 aromatic carbocycles. The Labute approximate surface area is 191 Å². The van der Waals surface area contributed by atoms with Gasteiger partial charge in [0, 0.05) is 11.1 Å². The molecule has 33 heavy (non-hydrogen) atoms. The summed E-state index contributed by atoms with van der Waals surface area (Å²) < 4.78 is 33.5. The number of benzene rings is 4. The normalized spacial score (nSPS) is 10.8. The molecule has 0 aliphatic rings. The number of carbonyl (C=O) groups excluding carboxylic acids is 1. The number of hydrogen-bond donors (Lipinski definition) is 1. The van der Waals surface area contributed by atoms with Crippen molar-refractivity contribution in [3.8, 4) is 33.8 Å². The second kappa shape index (κ2) is 9.25. The van der Waals surface area contributed by atoms with Crippen molar-refractivity contribution in [2.75, 3.05) is 0 Å². The molecule has 0 bridgehead atoms. The molecule has 3 nitrogen and oxygen atoms in total. The molecule has 0 aromatic heterocycles. The van der Waals surface area contributed by atoms with Crippen molar-refractivity contribution in [2.24, 2.45) is 5.73 Å². The predicted molar refractivity (Wildman–Crippen MR) is 126 cm³/mol. The van der Waals surface area contributed by atoms with E-state index in [4.69, 9.17) is 10.5 Å². The van der Waals surface area contributed by atoms with Gasteiger partial charge in [0.2, 0.25) is 5.91 Å². The number of ether oxygens (including phenoxy) is 1. The summed E-state index contributed by atoms with van der Waals surface area (Å²) in [5, 5.41) is 0. The van der Waals surface area contributed by atoms with Gasteiger partial charge in [-0.15, -0.1) is 0 Å². The zero-order chi connectivity index (χ0) is 23.5. The van der Waals surface area contributed by atoms with E-state index in [0.717, 1.165) is 38.9 Å². The van der Waals surface area contributed by atoms with Gasteiger partial charge in [-0.05, 0) is 78.1 Å². The van der Waals surface area contributed by atoms with Crippen LogP contribution in [-0.2, 0) is 11.2 Å². The Kier molecular flexibility index (Phi) is 6.22. The lowest BCUT2D eigenvalue weighted by molar-refractivity contribution is -0.117. The quantitative estimate of drug-likeness (QED) is 0.359. The second-order valence-corrected chi connectivity index (χ2v) is 7.97. The molecule has 1 amide bonds. The van der Waals surface area contributed by atoms with E-state index in [2.05, 4.69) is 0 Å². The molecule has 166 valence electrons. The van der Waals surface area contributed by atoms with Gasteiger partial charge in [0.25, 0.3) is 0 Å². The standard InChI is InChI=1S/C28H23F2NO2/c1-17-14-24(15-21(18(17)2)16-27(31)32)33-28-25(19-6-10-22(29)11-7-19)4-3-5-26(28)20-8-12-23(30)13-9-20/h3-15H,16H2,1-2H3,(H2,31,32). The van der Waals surface area contributed by atoms with E-state index < -0.39 is 5.91 Å². The SMILES string of the molecule is Cc1cc(Oc2c(-c3ccc(F)cc3)cccc2-c2ccc(F)cc2)cc(CC(N)=O)c1C. The fraction of sp³-hybridized carbons (Fsp3) is 0.107. The van der Waals surface area contributed by atoms with Gasteiger partial charge in [-0.3, -0.25) is 4.79 Å². The van der Waals surface area contributed by atoms with Crippen molar-refractivity contribution < 1.29 is 18.3 Å². The molecular formula is C28H23F2NO2. The Morgan fingerprint density at radius 3 is 1.82 bits per heavy atom. The number of aryl methyl sites for hydroxylation is 1. The molecular weight excluding hydrogens is 420 g/mol. The molecule has 4 aromatic rings. The first-order valence-electron chi connectivity index (χ1n) is 10.5. The zero-order valence-electron chi connectivity index (χ0n) is 18.4. The lowest BCUT2D eigenvalue weighted by Gasteiger charge is -2.18. The second-order valence-electron chi connectivity index (χ2n) is 7.97. The Morgan fingerprint density at radius 1 is 0.818 bits per heavy atom. The third kappa shape index (κ3) is 4.93. The highest BCUT2D eigenvalue weighted by atomic mass is 19.1. The van der Waals surface area contributed by atoms with Crippen LogP contribution >= 0.6 is 0 Å². The summed E-state index contributed by atoms with van der Waals surface area (Å²) in [5.74, 6) is 0.00644. The summed E-state index contributed by atoms with van der Waals surface area (Å²) in [6, 6.07) is 21.7. The lowest BCUT2D eigenvalue weighted by Crippen LogP contribution is -2.14. The highest BCUT2D eigenvalue weighted by Crippen LogP contribution is 2.42. The maximum atomic E-state index is 13.6. The van der Waals surface area contributed by atoms with Crippen LogP contribution in [0.1, 0.15) is 16.7 Å². The summed E-state index contributed by atoms with van der Waals surface area (Å²) in [6.45, 7) is 3.88. The van der Waals surface area contributed by atoms with Crippen LogP contribution in [0.3, 0.4) is 0 Å². The number of hydrogen-bond acceptors (Lipinski definition) is 2. The molecule has 0 saturated heterocycles. The average Bonchev–Trinajstić information content (AvgIpc) is 2.78. The van der Waals surface area contributed by atoms with Crippen LogP contribution in [0, 0.1) is 25.5 Å². The third-order valence-corrected chi connectivity index (χ3v) is 5.66. The highest BCUT2D eigenvalue weighted by molar-refractivity contribution is 5.83. The minimum Gasteiger partial charge on any atom is -0.456 e. The third-order valence-electron chi connectivity index (χ3n) is 5.66. The van der Waals surface area contributed by atoms with Gasteiger partial charge in [0.15, 0.2) is 0 Å². The monoisotopic (exact) mass is 443 g/mol. The van der Waals surface area contributed by atoms with Crippen molar-refractivity contribution in [3.05, 3.63) is 107 Å². The van der Waals surface area contributed by atoms with Crippen molar-refractivity contribution in [1.82, 2.24) is 0 Å². The van der Waals surface area contributed by atoms with E-state index in [1.54, 1.807) is 24.3 Å². The number of para-hydroxylation sites is 1. The Balaban J connectivity index is 1.88. The van der Waals surface area contributed by atoms with Gasteiger partial charge < -0.3 is 10.5 Å². The van der Waals surface area contributed by atoms with Gasteiger partial charge in [0.1, 0.15) is 23.1 Å². The van der Waals surface area contributed by atoms with Gasteiger partial charge in [-0.1, -0.05) is 42.5 Å². The zero-order valence-corrected chi connectivity index (χ0v) is 18.4. The summed E-state index contributed by atoms with van der Waals surface area (Å²) in [6.07, 6.45) is 0.105. The fourth-order valence-corrected chi connectivity index (χ4v) is 3.81. The number of carbonyl (C=O) groups is 1. The van der Waals surface area contributed by atoms with Gasteiger partial charge >= 0.3 is 0 Å². The molecule has 0 unspecified atom stereocenters. The van der Waals surface area contributed by atoms with Crippen LogP contribution in [0.5, 0.6) is 11.5 Å². The predicted octanol–water partition coefficient (Wildman–Crippen LogP) is 6.74. The Hall–Kier alpha value is -3.99. The van der Waals surface area contributed by atoms with E-state index in [1.165, 1.54) is 24.3 Å². The molecule has 4 rings (SSSR count). The molecule has 0 spiro atoms. The Bertz CT molecular complexity index is 1250. The molecule has 0 saturated carbocycles. The highest BCUT2D eigenvalue weighted by Gasteiger charge is 2.16. The maximum Gasteiger partial charge on any atom is 0.221 e. The molecule has 0 fully saturated rings. The van der Waals surface area contributed by atoms with Crippen LogP contribution in [0.25, 0.3) is 22.3 Å². The molecule has 0 radical (unpaired) electrons. The van der Waals surface area contributed by atoms with Crippen LogP contribution in [0.2, 0.25) is 0 Å². The van der Waals surface area contributed by atoms with Crippen molar-refractivity contribution >= 4 is 5.91 Å². The Morgan fingerprint density at radius 2 is 1.33 bits per heavy atom. The number of amides is 1. The first-order valence-corrected chi connectivity index (χ1v) is 10.5. The van der Waals surface area contributed by atoms with E-state index in [9.17, 15) is 13.6 Å². The first kappa shape index (κ1) is 22.2. The molecule has 0 aliphatic heterocycles. The van der Waals surface area contributed by atoms with Crippen LogP contribution in [0.4, 0.5) is 8.78 Å². The number of primary amides is 1. The summed E-state index contributed by atoms with van der Waals surface area (Å²) in [7, 11) is 0. The van der Waals surface area contributed by atoms with E-state index in [1.807, 2.05) is 44.2 Å². The van der Waals surface area contributed by atoms with Gasteiger partial charge in [0.05, 0.1) is 6.42 Å². The van der Waals surface area contributed by atoms with Crippen LogP contribution in [0.15, 0.2) is 78.9 Å². The van der Waals surface area contributed by atoms with E-state index >= 15 is 0 Å². The summed E-state index contributed by atoms with van der Waals surface area (Å²) >= 11 is 0. The maximum absolute atomic E-state index is 13.6. The van der Waals surface area contributed by atoms with Crippen LogP contribution < -0.4 is 10.5 Å². The largest absolute Gasteiger partial charge is 0.456 e. The van der Waals surface area contributed by atoms with Crippen molar-refractivity contribution in [3.63, 3.8) is 0 Å². The van der Waals surface area contributed by atoms with Crippen molar-refractivity contribution in [1.29, 1.82) is 0 Å². The average molecular weight is 443 g/mol. The summed E-state index contributed by atoms with van der Waals surface area (Å²) in [5.41, 5.74) is 11.2. The summed E-state index contributed by atoms with van der Waals surface area (Å²) in [4.78, 5) is 11.6. The smallest absolute Gasteiger partial charge is 0.221 e. The number of halogens is 2. The minimum absolute atomic E-state index is 0.105. The topological polar surface area (TPSA) is 52.3 Å². The van der Waals surface area contributed by atoms with Gasteiger partial charge in [-0.2, -0.15) is 0 Å². The number of rotatable bonds is 6. The molecule has 0 aliphatic carbocycles. The number of nitrogens with two attached hydrogens (primary N) is 1. The molecule has 5 heteroatoms. The molecule has 0 heterocycles. The minimum atomic E-state index is -0.423. The first-order chi connectivity index (χ1) is 15.8.